The van der Waals surface area contributed by atoms with Crippen LogP contribution in [-0.4, -0.2) is 12.0 Å². The van der Waals surface area contributed by atoms with Gasteiger partial charge in [-0.1, -0.05) is 18.5 Å². The molecule has 0 amide bonds. The van der Waals surface area contributed by atoms with Crippen LogP contribution in [0, 0.1) is 0 Å². The monoisotopic (exact) mass is 276 g/mol. The molecular formula is C15H17ClN2O. The Morgan fingerprint density at radius 1 is 1.26 bits per heavy atom. The maximum atomic E-state index is 6.10. The number of hydrogen-bond acceptors (Lipinski definition) is 3. The second-order valence-electron chi connectivity index (χ2n) is 4.22. The molecule has 0 radical (unpaired) electrons. The summed E-state index contributed by atoms with van der Waals surface area (Å²) < 4.78 is 5.90. The van der Waals surface area contributed by atoms with Gasteiger partial charge in [-0.3, -0.25) is 4.98 Å². The lowest BCUT2D eigenvalue weighted by Gasteiger charge is -2.11. The first-order valence-electron chi connectivity index (χ1n) is 6.28. The largest absolute Gasteiger partial charge is 0.455 e. The third-order valence-electron chi connectivity index (χ3n) is 2.86. The van der Waals surface area contributed by atoms with Gasteiger partial charge in [-0.05, 0) is 43.3 Å². The van der Waals surface area contributed by atoms with Gasteiger partial charge >= 0.3 is 0 Å². The number of nitrogens with one attached hydrogen (secondary N) is 1. The van der Waals surface area contributed by atoms with Crippen LogP contribution >= 0.6 is 11.6 Å². The van der Waals surface area contributed by atoms with Crippen LogP contribution in [0.15, 0.2) is 36.7 Å². The summed E-state index contributed by atoms with van der Waals surface area (Å²) in [5, 5.41) is 3.89. The summed E-state index contributed by atoms with van der Waals surface area (Å²) in [6.07, 6.45) is 4.37. The van der Waals surface area contributed by atoms with Crippen LogP contribution in [0.25, 0.3) is 0 Å². The molecule has 0 spiro atoms. The molecule has 2 rings (SSSR count). The van der Waals surface area contributed by atoms with Crippen molar-refractivity contribution in [2.75, 3.05) is 7.05 Å². The smallest absolute Gasteiger partial charge is 0.150 e. The van der Waals surface area contributed by atoms with Crippen LogP contribution in [0.1, 0.15) is 18.1 Å². The number of ether oxygens (including phenoxy) is 1. The van der Waals surface area contributed by atoms with Gasteiger partial charge in [-0.25, -0.2) is 0 Å². The van der Waals surface area contributed by atoms with Gasteiger partial charge < -0.3 is 10.1 Å². The Kier molecular flexibility index (Phi) is 4.77. The van der Waals surface area contributed by atoms with Gasteiger partial charge in [0.25, 0.3) is 0 Å². The van der Waals surface area contributed by atoms with E-state index in [0.717, 1.165) is 40.6 Å². The molecule has 1 heterocycles. The number of aromatic nitrogens is 1. The maximum absolute atomic E-state index is 6.10. The van der Waals surface area contributed by atoms with Crippen LogP contribution in [0.2, 0.25) is 5.02 Å². The van der Waals surface area contributed by atoms with Gasteiger partial charge in [0.2, 0.25) is 0 Å². The van der Waals surface area contributed by atoms with E-state index >= 15 is 0 Å². The SMILES string of the molecule is CCc1cc(Oc2cnccc2CNC)ccc1Cl. The van der Waals surface area contributed by atoms with Crippen molar-refractivity contribution in [2.24, 2.45) is 0 Å². The summed E-state index contributed by atoms with van der Waals surface area (Å²) >= 11 is 6.10. The topological polar surface area (TPSA) is 34.1 Å². The lowest BCUT2D eigenvalue weighted by atomic mass is 10.1. The third kappa shape index (κ3) is 3.46. The Balaban J connectivity index is 2.26. The molecule has 2 aromatic rings. The Morgan fingerprint density at radius 3 is 2.84 bits per heavy atom. The van der Waals surface area contributed by atoms with Crippen molar-refractivity contribution in [3.05, 3.63) is 52.8 Å². The summed E-state index contributed by atoms with van der Waals surface area (Å²) in [6, 6.07) is 7.66. The first-order chi connectivity index (χ1) is 9.24. The number of pyridine rings is 1. The van der Waals surface area contributed by atoms with Crippen LogP contribution in [0.3, 0.4) is 0 Å². The Bertz CT molecular complexity index is 558. The van der Waals surface area contributed by atoms with E-state index in [2.05, 4.69) is 17.2 Å². The van der Waals surface area contributed by atoms with E-state index in [1.54, 1.807) is 12.4 Å². The van der Waals surface area contributed by atoms with E-state index in [0.29, 0.717) is 0 Å². The molecule has 0 atom stereocenters. The first-order valence-corrected chi connectivity index (χ1v) is 6.66. The first kappa shape index (κ1) is 13.8. The molecular weight excluding hydrogens is 260 g/mol. The predicted molar refractivity (Wildman–Crippen MR) is 77.9 cm³/mol. The number of benzene rings is 1. The molecule has 1 aromatic carbocycles. The van der Waals surface area contributed by atoms with Crippen molar-refractivity contribution in [1.29, 1.82) is 0 Å². The molecule has 19 heavy (non-hydrogen) atoms. The summed E-state index contributed by atoms with van der Waals surface area (Å²) in [7, 11) is 1.90. The Morgan fingerprint density at radius 2 is 2.11 bits per heavy atom. The van der Waals surface area contributed by atoms with Gasteiger partial charge in [-0.2, -0.15) is 0 Å². The molecule has 1 N–H and O–H groups in total. The van der Waals surface area contributed by atoms with E-state index in [4.69, 9.17) is 16.3 Å². The van der Waals surface area contributed by atoms with Crippen molar-refractivity contribution in [3.8, 4) is 11.5 Å². The van der Waals surface area contributed by atoms with Gasteiger partial charge in [0, 0.05) is 23.3 Å². The minimum atomic E-state index is 0.742. The van der Waals surface area contributed by atoms with Crippen LogP contribution in [-0.2, 0) is 13.0 Å². The van der Waals surface area contributed by atoms with E-state index in [1.165, 1.54) is 0 Å². The van der Waals surface area contributed by atoms with E-state index in [9.17, 15) is 0 Å². The van der Waals surface area contributed by atoms with Crippen LogP contribution in [0.5, 0.6) is 11.5 Å². The minimum Gasteiger partial charge on any atom is -0.455 e. The molecule has 4 heteroatoms. The number of rotatable bonds is 5. The fourth-order valence-corrected chi connectivity index (χ4v) is 2.10. The molecule has 0 aliphatic heterocycles. The predicted octanol–water partition coefficient (Wildman–Crippen LogP) is 3.81. The quantitative estimate of drug-likeness (QED) is 0.902. The van der Waals surface area contributed by atoms with Crippen molar-refractivity contribution in [2.45, 2.75) is 19.9 Å². The normalized spacial score (nSPS) is 10.5. The average molecular weight is 277 g/mol. The Hall–Kier alpha value is -1.58. The van der Waals surface area contributed by atoms with E-state index in [1.807, 2.05) is 31.3 Å². The maximum Gasteiger partial charge on any atom is 0.150 e. The third-order valence-corrected chi connectivity index (χ3v) is 3.23. The van der Waals surface area contributed by atoms with Gasteiger partial charge in [0.05, 0.1) is 6.20 Å². The summed E-state index contributed by atoms with van der Waals surface area (Å²) in [4.78, 5) is 4.11. The fraction of sp³-hybridized carbons (Fsp3) is 0.267. The minimum absolute atomic E-state index is 0.742. The van der Waals surface area contributed by atoms with E-state index < -0.39 is 0 Å². The molecule has 0 fully saturated rings. The van der Waals surface area contributed by atoms with Crippen molar-refractivity contribution < 1.29 is 4.74 Å². The molecule has 0 bridgehead atoms. The van der Waals surface area contributed by atoms with Crippen LogP contribution < -0.4 is 10.1 Å². The number of halogens is 1. The molecule has 0 unspecified atom stereocenters. The standard InChI is InChI=1S/C15H17ClN2O/c1-3-11-8-13(4-5-14(11)16)19-15-10-18-7-6-12(15)9-17-2/h4-8,10,17H,3,9H2,1-2H3. The molecule has 0 aliphatic carbocycles. The van der Waals surface area contributed by atoms with Gasteiger partial charge in [0.1, 0.15) is 11.5 Å². The summed E-state index contributed by atoms with van der Waals surface area (Å²) in [6.45, 7) is 2.81. The highest BCUT2D eigenvalue weighted by atomic mass is 35.5. The van der Waals surface area contributed by atoms with Gasteiger partial charge in [0.15, 0.2) is 0 Å². The zero-order chi connectivity index (χ0) is 13.7. The molecule has 0 saturated heterocycles. The van der Waals surface area contributed by atoms with Crippen molar-refractivity contribution in [3.63, 3.8) is 0 Å². The number of aryl methyl sites for hydroxylation is 1. The van der Waals surface area contributed by atoms with Crippen molar-refractivity contribution >= 4 is 11.6 Å². The molecule has 3 nitrogen and oxygen atoms in total. The molecule has 100 valence electrons. The fourth-order valence-electron chi connectivity index (χ4n) is 1.85. The highest BCUT2D eigenvalue weighted by molar-refractivity contribution is 6.31. The number of nitrogens with zero attached hydrogens (tertiary/aromatic N) is 1. The lowest BCUT2D eigenvalue weighted by Crippen LogP contribution is -2.06. The summed E-state index contributed by atoms with van der Waals surface area (Å²) in [5.74, 6) is 1.55. The molecule has 0 aliphatic rings. The molecule has 0 saturated carbocycles. The average Bonchev–Trinajstić information content (AvgIpc) is 2.43. The van der Waals surface area contributed by atoms with Crippen molar-refractivity contribution in [1.82, 2.24) is 10.3 Å². The zero-order valence-electron chi connectivity index (χ0n) is 11.1. The Labute approximate surface area is 118 Å². The zero-order valence-corrected chi connectivity index (χ0v) is 11.9. The highest BCUT2D eigenvalue weighted by Gasteiger charge is 2.06. The lowest BCUT2D eigenvalue weighted by molar-refractivity contribution is 0.471. The summed E-state index contributed by atoms with van der Waals surface area (Å²) in [5.41, 5.74) is 2.16. The molecule has 1 aromatic heterocycles. The second-order valence-corrected chi connectivity index (χ2v) is 4.63. The second kappa shape index (κ2) is 6.55. The van der Waals surface area contributed by atoms with Gasteiger partial charge in [-0.15, -0.1) is 0 Å². The van der Waals surface area contributed by atoms with Crippen LogP contribution in [0.4, 0.5) is 0 Å². The number of hydrogen-bond donors (Lipinski definition) is 1. The van der Waals surface area contributed by atoms with E-state index in [-0.39, 0.29) is 0 Å². The highest BCUT2D eigenvalue weighted by Crippen LogP contribution is 2.28.